The molecule has 0 aliphatic heterocycles. The number of hydrogen-bond donors (Lipinski definition) is 2. The number of rotatable bonds is 3. The van der Waals surface area contributed by atoms with Crippen molar-refractivity contribution in [3.05, 3.63) is 47.5 Å². The van der Waals surface area contributed by atoms with E-state index in [9.17, 15) is 9.90 Å². The Balaban J connectivity index is 1.36. The third kappa shape index (κ3) is 3.88. The van der Waals surface area contributed by atoms with Gasteiger partial charge in [-0.2, -0.15) is 0 Å². The number of benzene rings is 1. The third-order valence-corrected chi connectivity index (χ3v) is 14.4. The van der Waals surface area contributed by atoms with Crippen LogP contribution in [0.15, 0.2) is 42.0 Å². The Hall–Kier alpha value is -1.61. The highest BCUT2D eigenvalue weighted by atomic mass is 16.3. The smallest absolute Gasteiger partial charge is 0.227 e. The van der Waals surface area contributed by atoms with Crippen molar-refractivity contribution in [3.8, 4) is 0 Å². The molecule has 1 aromatic rings. The molecule has 3 nitrogen and oxygen atoms in total. The van der Waals surface area contributed by atoms with Crippen LogP contribution in [0, 0.1) is 50.2 Å². The van der Waals surface area contributed by atoms with Crippen molar-refractivity contribution in [1.29, 1.82) is 0 Å². The molecule has 4 saturated carbocycles. The van der Waals surface area contributed by atoms with Crippen molar-refractivity contribution in [3.63, 3.8) is 0 Å². The molecule has 6 rings (SSSR count). The molecule has 4 fully saturated rings. The molecule has 0 radical (unpaired) electrons. The van der Waals surface area contributed by atoms with E-state index in [0.717, 1.165) is 51.4 Å². The molecule has 1 amide bonds. The molecule has 5 aliphatic carbocycles. The molecule has 8 atom stereocenters. The quantitative estimate of drug-likeness (QED) is 0.374. The lowest BCUT2D eigenvalue weighted by molar-refractivity contribution is -0.203. The summed E-state index contributed by atoms with van der Waals surface area (Å²) in [5.74, 6) is 1.83. The Morgan fingerprint density at radius 1 is 0.875 bits per heavy atom. The molecule has 40 heavy (non-hydrogen) atoms. The van der Waals surface area contributed by atoms with Gasteiger partial charge in [0.05, 0.1) is 11.5 Å². The Morgan fingerprint density at radius 2 is 1.57 bits per heavy atom. The summed E-state index contributed by atoms with van der Waals surface area (Å²) < 4.78 is 0. The van der Waals surface area contributed by atoms with Crippen LogP contribution in [0.1, 0.15) is 118 Å². The first kappa shape index (κ1) is 28.5. The van der Waals surface area contributed by atoms with Crippen molar-refractivity contribution in [2.75, 3.05) is 0 Å². The zero-order valence-corrected chi connectivity index (χ0v) is 26.4. The number of carbonyl (C=O) groups excluding carboxylic acids is 1. The van der Waals surface area contributed by atoms with Gasteiger partial charge in [-0.3, -0.25) is 4.79 Å². The Kier molecular flexibility index (Phi) is 6.55. The normalized spacial score (nSPS) is 45.1. The predicted molar refractivity (Wildman–Crippen MR) is 163 cm³/mol. The summed E-state index contributed by atoms with van der Waals surface area (Å²) in [7, 11) is 0. The van der Waals surface area contributed by atoms with Crippen LogP contribution < -0.4 is 5.32 Å². The largest absolute Gasteiger partial charge is 0.393 e. The van der Waals surface area contributed by atoms with Gasteiger partial charge in [0.15, 0.2) is 0 Å². The maximum absolute atomic E-state index is 14.3. The lowest BCUT2D eigenvalue weighted by atomic mass is 9.33. The summed E-state index contributed by atoms with van der Waals surface area (Å²) in [5, 5.41) is 14.4. The summed E-state index contributed by atoms with van der Waals surface area (Å²) in [5.41, 5.74) is 3.39. The first-order chi connectivity index (χ1) is 18.7. The van der Waals surface area contributed by atoms with E-state index in [1.165, 1.54) is 18.4 Å². The SMILES string of the molecule is CC1(C)CC[C@]2(C(=O)NCc3ccccc3)CC[C@]3(C)C(=CC[C@@H]4[C@@]5(C)CC[C@H](O)C(C)(C)[C@@H]5CC[C@]43C)[C@@H]2C1. The van der Waals surface area contributed by atoms with E-state index >= 15 is 0 Å². The van der Waals surface area contributed by atoms with Crippen molar-refractivity contribution < 1.29 is 9.90 Å². The zero-order valence-electron chi connectivity index (χ0n) is 26.4. The van der Waals surface area contributed by atoms with Gasteiger partial charge in [0, 0.05) is 6.54 Å². The molecular weight excluding hydrogens is 490 g/mol. The number of aliphatic hydroxyl groups excluding tert-OH is 1. The van der Waals surface area contributed by atoms with Gasteiger partial charge in [-0.25, -0.2) is 0 Å². The topological polar surface area (TPSA) is 49.3 Å². The maximum atomic E-state index is 14.3. The van der Waals surface area contributed by atoms with Crippen LogP contribution in [0.5, 0.6) is 0 Å². The maximum Gasteiger partial charge on any atom is 0.227 e. The first-order valence-electron chi connectivity index (χ1n) is 16.4. The summed E-state index contributed by atoms with van der Waals surface area (Å²) in [6, 6.07) is 10.4. The molecule has 0 saturated heterocycles. The summed E-state index contributed by atoms with van der Waals surface area (Å²) in [6.45, 7) is 18.0. The fourth-order valence-electron chi connectivity index (χ4n) is 11.6. The molecule has 1 aromatic carbocycles. The molecule has 3 heteroatoms. The fraction of sp³-hybridized carbons (Fsp3) is 0.757. The molecule has 220 valence electrons. The number of amides is 1. The molecule has 0 aromatic heterocycles. The summed E-state index contributed by atoms with van der Waals surface area (Å²) in [6.07, 6.45) is 13.5. The summed E-state index contributed by atoms with van der Waals surface area (Å²) >= 11 is 0. The Morgan fingerprint density at radius 3 is 2.30 bits per heavy atom. The van der Waals surface area contributed by atoms with Crippen LogP contribution >= 0.6 is 0 Å². The number of carbonyl (C=O) groups is 1. The number of allylic oxidation sites excluding steroid dienone is 2. The molecule has 0 bridgehead atoms. The van der Waals surface area contributed by atoms with Gasteiger partial charge in [0.2, 0.25) is 5.91 Å². The minimum Gasteiger partial charge on any atom is -0.393 e. The van der Waals surface area contributed by atoms with Crippen LogP contribution in [0.4, 0.5) is 0 Å². The van der Waals surface area contributed by atoms with Gasteiger partial charge >= 0.3 is 0 Å². The van der Waals surface area contributed by atoms with Crippen LogP contribution in [-0.4, -0.2) is 17.1 Å². The number of fused-ring (bicyclic) bond motifs is 7. The van der Waals surface area contributed by atoms with Crippen LogP contribution in [-0.2, 0) is 11.3 Å². The number of aliphatic hydroxyl groups is 1. The molecule has 5 aliphatic rings. The van der Waals surface area contributed by atoms with Crippen molar-refractivity contribution in [2.24, 2.45) is 50.2 Å². The average Bonchev–Trinajstić information content (AvgIpc) is 2.90. The van der Waals surface area contributed by atoms with Crippen LogP contribution in [0.25, 0.3) is 0 Å². The average molecular weight is 546 g/mol. The van der Waals surface area contributed by atoms with E-state index in [4.69, 9.17) is 0 Å². The van der Waals surface area contributed by atoms with E-state index in [1.54, 1.807) is 5.57 Å². The minimum atomic E-state index is -0.281. The lowest BCUT2D eigenvalue weighted by Crippen LogP contribution is -2.65. The van der Waals surface area contributed by atoms with Gasteiger partial charge in [-0.05, 0) is 115 Å². The summed E-state index contributed by atoms with van der Waals surface area (Å²) in [4.78, 5) is 14.3. The highest BCUT2D eigenvalue weighted by Crippen LogP contribution is 2.75. The second-order valence-electron chi connectivity index (χ2n) is 16.9. The van der Waals surface area contributed by atoms with Crippen molar-refractivity contribution in [2.45, 2.75) is 125 Å². The van der Waals surface area contributed by atoms with E-state index in [0.29, 0.717) is 30.2 Å². The zero-order chi connectivity index (χ0) is 28.8. The molecule has 0 spiro atoms. The Labute approximate surface area is 244 Å². The van der Waals surface area contributed by atoms with Crippen LogP contribution in [0.3, 0.4) is 0 Å². The van der Waals surface area contributed by atoms with E-state index in [-0.39, 0.29) is 38.6 Å². The van der Waals surface area contributed by atoms with Gasteiger partial charge < -0.3 is 10.4 Å². The molecule has 0 heterocycles. The van der Waals surface area contributed by atoms with Crippen molar-refractivity contribution in [1.82, 2.24) is 5.32 Å². The number of nitrogens with one attached hydrogen (secondary N) is 1. The Bertz CT molecular complexity index is 1180. The van der Waals surface area contributed by atoms with Crippen molar-refractivity contribution >= 4 is 5.91 Å². The van der Waals surface area contributed by atoms with Gasteiger partial charge in [-0.1, -0.05) is 90.4 Å². The predicted octanol–water partition coefficient (Wildman–Crippen LogP) is 8.47. The highest BCUT2D eigenvalue weighted by molar-refractivity contribution is 5.84. The molecular formula is C37H55NO2. The third-order valence-electron chi connectivity index (χ3n) is 14.4. The first-order valence-corrected chi connectivity index (χ1v) is 16.4. The minimum absolute atomic E-state index is 0.0226. The number of hydrogen-bond acceptors (Lipinski definition) is 2. The van der Waals surface area contributed by atoms with Crippen LogP contribution in [0.2, 0.25) is 0 Å². The highest BCUT2D eigenvalue weighted by Gasteiger charge is 2.69. The second kappa shape index (κ2) is 9.19. The fourth-order valence-corrected chi connectivity index (χ4v) is 11.6. The van der Waals surface area contributed by atoms with Gasteiger partial charge in [-0.15, -0.1) is 0 Å². The van der Waals surface area contributed by atoms with Gasteiger partial charge in [0.25, 0.3) is 0 Å². The molecule has 2 N–H and O–H groups in total. The van der Waals surface area contributed by atoms with E-state index in [2.05, 4.69) is 84.1 Å². The standard InChI is InChI=1S/C37H55NO2/c1-32(2)19-21-37(31(40)38-24-25-11-9-8-10-12-25)22-20-35(6)26(27(37)23-32)13-14-29-34(5)17-16-30(39)33(3,4)28(34)15-18-36(29,35)7/h8-13,27-30,39H,14-24H2,1-7H3,(H,38,40)/t27-,28-,29+,30-,34-,35+,36+,37-/m0/s1. The van der Waals surface area contributed by atoms with Gasteiger partial charge in [0.1, 0.15) is 0 Å². The second-order valence-corrected chi connectivity index (χ2v) is 16.9. The monoisotopic (exact) mass is 545 g/mol. The van der Waals surface area contributed by atoms with E-state index in [1.807, 2.05) is 6.07 Å². The van der Waals surface area contributed by atoms with E-state index < -0.39 is 0 Å². The lowest BCUT2D eigenvalue weighted by Gasteiger charge is -2.71. The molecule has 0 unspecified atom stereocenters.